The van der Waals surface area contributed by atoms with Crippen molar-refractivity contribution < 1.29 is 14.3 Å². The number of amides is 1. The summed E-state index contributed by atoms with van der Waals surface area (Å²) in [6.07, 6.45) is 6.67. The molecule has 1 amide bonds. The number of hydrogen-bond donors (Lipinski definition) is 0. The molecule has 0 bridgehead atoms. The third-order valence-corrected chi connectivity index (χ3v) is 2.70. The van der Waals surface area contributed by atoms with Gasteiger partial charge < -0.3 is 14.4 Å². The minimum Gasteiger partial charge on any atom is -0.444 e. The van der Waals surface area contributed by atoms with Crippen LogP contribution in [0.15, 0.2) is 0 Å². The lowest BCUT2D eigenvalue weighted by molar-refractivity contribution is -0.0413. The van der Waals surface area contributed by atoms with Gasteiger partial charge >= 0.3 is 6.09 Å². The van der Waals surface area contributed by atoms with Crippen LogP contribution in [0.5, 0.6) is 0 Å². The highest BCUT2D eigenvalue weighted by Gasteiger charge is 2.36. The topological polar surface area (TPSA) is 38.8 Å². The van der Waals surface area contributed by atoms with Crippen LogP contribution in [0.1, 0.15) is 33.6 Å². The largest absolute Gasteiger partial charge is 0.444 e. The van der Waals surface area contributed by atoms with Crippen LogP contribution in [-0.4, -0.2) is 42.4 Å². The lowest BCUT2D eigenvalue weighted by Gasteiger charge is -2.40. The molecule has 17 heavy (non-hydrogen) atoms. The van der Waals surface area contributed by atoms with E-state index >= 15 is 0 Å². The van der Waals surface area contributed by atoms with Gasteiger partial charge in [-0.15, -0.1) is 6.42 Å². The molecule has 0 saturated heterocycles. The van der Waals surface area contributed by atoms with Gasteiger partial charge in [-0.1, -0.05) is 5.92 Å². The normalized spacial score (nSPS) is 23.5. The standard InChI is InChI=1S/C13H21NO3/c1-6-7-16-11-8-10(9-11)14(5)12(15)17-13(2,3)4/h1,10-11H,7-9H2,2-5H3/t10-,11-. The molecule has 1 fully saturated rings. The van der Waals surface area contributed by atoms with Crippen molar-refractivity contribution in [3.8, 4) is 12.3 Å². The second-order valence-electron chi connectivity index (χ2n) is 5.35. The van der Waals surface area contributed by atoms with Gasteiger partial charge in [0, 0.05) is 13.1 Å². The van der Waals surface area contributed by atoms with Crippen LogP contribution in [-0.2, 0) is 9.47 Å². The highest BCUT2D eigenvalue weighted by atomic mass is 16.6. The van der Waals surface area contributed by atoms with Gasteiger partial charge in [-0.2, -0.15) is 0 Å². The van der Waals surface area contributed by atoms with Crippen molar-refractivity contribution in [2.45, 2.75) is 51.4 Å². The van der Waals surface area contributed by atoms with Gasteiger partial charge in [-0.3, -0.25) is 0 Å². The van der Waals surface area contributed by atoms with E-state index in [9.17, 15) is 4.79 Å². The fraction of sp³-hybridized carbons (Fsp3) is 0.769. The average molecular weight is 239 g/mol. The van der Waals surface area contributed by atoms with E-state index in [1.165, 1.54) is 0 Å². The Bertz CT molecular complexity index is 308. The maximum atomic E-state index is 11.7. The molecule has 96 valence electrons. The van der Waals surface area contributed by atoms with E-state index in [0.29, 0.717) is 6.61 Å². The number of carbonyl (C=O) groups excluding carboxylic acids is 1. The van der Waals surface area contributed by atoms with Crippen molar-refractivity contribution in [1.29, 1.82) is 0 Å². The van der Waals surface area contributed by atoms with Gasteiger partial charge in [0.15, 0.2) is 0 Å². The van der Waals surface area contributed by atoms with Crippen molar-refractivity contribution >= 4 is 6.09 Å². The molecule has 0 atom stereocenters. The summed E-state index contributed by atoms with van der Waals surface area (Å²) in [6.45, 7) is 5.92. The molecular weight excluding hydrogens is 218 g/mol. The summed E-state index contributed by atoms with van der Waals surface area (Å²) in [7, 11) is 1.76. The number of carbonyl (C=O) groups is 1. The highest BCUT2D eigenvalue weighted by molar-refractivity contribution is 5.68. The Morgan fingerprint density at radius 1 is 1.47 bits per heavy atom. The summed E-state index contributed by atoms with van der Waals surface area (Å²) >= 11 is 0. The highest BCUT2D eigenvalue weighted by Crippen LogP contribution is 2.28. The van der Waals surface area contributed by atoms with Gasteiger partial charge in [-0.25, -0.2) is 4.79 Å². The zero-order chi connectivity index (χ0) is 13.1. The Kier molecular flexibility index (Phi) is 4.41. The van der Waals surface area contributed by atoms with Gasteiger partial charge in [0.25, 0.3) is 0 Å². The minimum absolute atomic E-state index is 0.181. The molecule has 4 heteroatoms. The average Bonchev–Trinajstić information content (AvgIpc) is 2.12. The van der Waals surface area contributed by atoms with E-state index in [1.807, 2.05) is 20.8 Å². The summed E-state index contributed by atoms with van der Waals surface area (Å²) < 4.78 is 10.7. The van der Waals surface area contributed by atoms with Crippen LogP contribution in [0.4, 0.5) is 4.79 Å². The monoisotopic (exact) mass is 239 g/mol. The van der Waals surface area contributed by atoms with E-state index < -0.39 is 5.60 Å². The first-order valence-electron chi connectivity index (χ1n) is 5.84. The van der Waals surface area contributed by atoms with E-state index in [0.717, 1.165) is 12.8 Å². The SMILES string of the molecule is C#CCO[C@H]1C[C@H](N(C)C(=O)OC(C)(C)C)C1. The summed E-state index contributed by atoms with van der Waals surface area (Å²) in [5.41, 5.74) is -0.450. The van der Waals surface area contributed by atoms with Crippen LogP contribution in [0, 0.1) is 12.3 Å². The molecule has 0 aliphatic heterocycles. The number of hydrogen-bond acceptors (Lipinski definition) is 3. The van der Waals surface area contributed by atoms with Crippen LogP contribution in [0.2, 0.25) is 0 Å². The molecule has 0 heterocycles. The van der Waals surface area contributed by atoms with Crippen molar-refractivity contribution in [3.05, 3.63) is 0 Å². The third kappa shape index (κ3) is 4.27. The van der Waals surface area contributed by atoms with Gasteiger partial charge in [0.1, 0.15) is 12.2 Å². The lowest BCUT2D eigenvalue weighted by Crippen LogP contribution is -2.50. The maximum absolute atomic E-state index is 11.7. The Morgan fingerprint density at radius 2 is 2.06 bits per heavy atom. The molecule has 1 saturated carbocycles. The van der Waals surface area contributed by atoms with Crippen molar-refractivity contribution in [1.82, 2.24) is 4.90 Å². The summed E-state index contributed by atoms with van der Waals surface area (Å²) in [5.74, 6) is 2.44. The molecule has 4 nitrogen and oxygen atoms in total. The first kappa shape index (κ1) is 13.9. The second kappa shape index (κ2) is 5.42. The fourth-order valence-corrected chi connectivity index (χ4v) is 1.64. The number of rotatable bonds is 3. The van der Waals surface area contributed by atoms with Gasteiger partial charge in [0.2, 0.25) is 0 Å². The van der Waals surface area contributed by atoms with Gasteiger partial charge in [-0.05, 0) is 33.6 Å². The molecule has 0 radical (unpaired) electrons. The van der Waals surface area contributed by atoms with Crippen LogP contribution < -0.4 is 0 Å². The van der Waals surface area contributed by atoms with Crippen LogP contribution >= 0.6 is 0 Å². The van der Waals surface area contributed by atoms with Gasteiger partial charge in [0.05, 0.1) is 6.10 Å². The first-order valence-corrected chi connectivity index (χ1v) is 5.84. The number of nitrogens with zero attached hydrogens (tertiary/aromatic N) is 1. The molecule has 1 aliphatic rings. The fourth-order valence-electron chi connectivity index (χ4n) is 1.64. The van der Waals surface area contributed by atoms with Crippen molar-refractivity contribution in [2.75, 3.05) is 13.7 Å². The molecule has 0 unspecified atom stereocenters. The van der Waals surface area contributed by atoms with Crippen LogP contribution in [0.25, 0.3) is 0 Å². The zero-order valence-electron chi connectivity index (χ0n) is 11.0. The van der Waals surface area contributed by atoms with E-state index in [1.54, 1.807) is 11.9 Å². The molecular formula is C13H21NO3. The van der Waals surface area contributed by atoms with E-state index in [4.69, 9.17) is 15.9 Å². The first-order chi connectivity index (χ1) is 7.83. The lowest BCUT2D eigenvalue weighted by atomic mass is 9.88. The summed E-state index contributed by atoms with van der Waals surface area (Å²) in [5, 5.41) is 0. The molecule has 0 aromatic heterocycles. The summed E-state index contributed by atoms with van der Waals surface area (Å²) in [4.78, 5) is 13.4. The van der Waals surface area contributed by atoms with E-state index in [2.05, 4.69) is 5.92 Å². The molecule has 0 aromatic carbocycles. The number of ether oxygens (including phenoxy) is 2. The van der Waals surface area contributed by atoms with Crippen molar-refractivity contribution in [2.24, 2.45) is 0 Å². The number of terminal acetylenes is 1. The predicted octanol–water partition coefficient (Wildman–Crippen LogP) is 2.03. The minimum atomic E-state index is -0.450. The third-order valence-electron chi connectivity index (χ3n) is 2.70. The molecule has 0 N–H and O–H groups in total. The second-order valence-corrected chi connectivity index (χ2v) is 5.35. The van der Waals surface area contributed by atoms with Crippen LogP contribution in [0.3, 0.4) is 0 Å². The van der Waals surface area contributed by atoms with E-state index in [-0.39, 0.29) is 18.2 Å². The molecule has 1 rings (SSSR count). The molecule has 1 aliphatic carbocycles. The Morgan fingerprint density at radius 3 is 2.53 bits per heavy atom. The molecule has 0 spiro atoms. The molecule has 0 aromatic rings. The quantitative estimate of drug-likeness (QED) is 0.707. The summed E-state index contributed by atoms with van der Waals surface area (Å²) in [6, 6.07) is 0.202. The Labute approximate surface area is 103 Å². The van der Waals surface area contributed by atoms with Crippen molar-refractivity contribution in [3.63, 3.8) is 0 Å². The predicted molar refractivity (Wildman–Crippen MR) is 65.6 cm³/mol. The maximum Gasteiger partial charge on any atom is 0.410 e. The zero-order valence-corrected chi connectivity index (χ0v) is 11.0. The Hall–Kier alpha value is -1.21. The smallest absolute Gasteiger partial charge is 0.410 e. The Balaban J connectivity index is 2.29.